The summed E-state index contributed by atoms with van der Waals surface area (Å²) in [6, 6.07) is 14.9. The molecule has 0 saturated carbocycles. The van der Waals surface area contributed by atoms with E-state index in [1.807, 2.05) is 19.9 Å². The van der Waals surface area contributed by atoms with Crippen LogP contribution >= 0.6 is 0 Å². The summed E-state index contributed by atoms with van der Waals surface area (Å²) >= 11 is 0. The van der Waals surface area contributed by atoms with Crippen molar-refractivity contribution >= 4 is 15.8 Å². The molecule has 1 aromatic heterocycles. The molecule has 5 rings (SSSR count). The van der Waals surface area contributed by atoms with E-state index in [1.165, 1.54) is 45.4 Å². The summed E-state index contributed by atoms with van der Waals surface area (Å²) in [6.07, 6.45) is 2.83. The number of nitrogens with zero attached hydrogens (tertiary/aromatic N) is 1. The van der Waals surface area contributed by atoms with Crippen molar-refractivity contribution in [3.8, 4) is 45.3 Å². The highest BCUT2D eigenvalue weighted by Gasteiger charge is 2.29. The first kappa shape index (κ1) is 42.5. The first-order chi connectivity index (χ1) is 26.1. The largest absolute Gasteiger partial charge is 0.507 e. The smallest absolute Gasteiger partial charge is 0.246 e. The number of aromatic hydroxyl groups is 1. The number of nitrogens with one attached hydrogen (secondary N) is 1. The summed E-state index contributed by atoms with van der Waals surface area (Å²) in [5.74, 6) is 0.842. The molecule has 0 bridgehead atoms. The maximum Gasteiger partial charge on any atom is 0.246 e. The number of halogens is 2. The van der Waals surface area contributed by atoms with Crippen molar-refractivity contribution in [2.45, 2.75) is 78.2 Å². The number of rotatable bonds is 14. The number of hydrogen-bond donors (Lipinski definition) is 2. The summed E-state index contributed by atoms with van der Waals surface area (Å²) in [5, 5.41) is 14.2. The number of sulfonamides is 1. The van der Waals surface area contributed by atoms with Gasteiger partial charge in [-0.2, -0.15) is 0 Å². The quantitative estimate of drug-likeness (QED) is 0.106. The van der Waals surface area contributed by atoms with Gasteiger partial charge in [0.1, 0.15) is 45.2 Å². The van der Waals surface area contributed by atoms with Crippen molar-refractivity contribution in [2.24, 2.45) is 0 Å². The fraction of sp³-hybridized carbons (Fsp3) is 0.333. The average molecular weight is 779 g/mol. The summed E-state index contributed by atoms with van der Waals surface area (Å²) in [6.45, 7) is 10.3. The van der Waals surface area contributed by atoms with Crippen molar-refractivity contribution in [3.63, 3.8) is 0 Å². The first-order valence-electron chi connectivity index (χ1n) is 17.8. The van der Waals surface area contributed by atoms with Crippen molar-refractivity contribution < 1.29 is 45.8 Å². The Morgan fingerprint density at radius 2 is 1.35 bits per heavy atom. The zero-order valence-corrected chi connectivity index (χ0v) is 33.4. The molecule has 0 fully saturated rings. The van der Waals surface area contributed by atoms with Crippen LogP contribution in [0.3, 0.4) is 0 Å². The molecule has 0 aliphatic rings. The standard InChI is InChI=1S/C24H29FN2O5S.C18H19FO3/c1-7-8-20-19(21-13-17(25)9-12-22(21)30-5)11-10-18(23(20)31-6)14(2)27-33(28,29)24-15(3)26-32-16(24)4;1-4-5-15-14(8-7-13(11(2)20)18(15)21)16-10-12(19)6-9-17(16)22-3/h9-14,27H,7-8H2,1-6H3;6-10,21H,4-5H2,1-3H3. The molecule has 55 heavy (non-hydrogen) atoms. The zero-order valence-electron chi connectivity index (χ0n) is 32.6. The zero-order chi connectivity index (χ0) is 40.6. The van der Waals surface area contributed by atoms with Gasteiger partial charge in [-0.3, -0.25) is 4.79 Å². The predicted octanol–water partition coefficient (Wildman–Crippen LogP) is 9.47. The number of hydrogen-bond acceptors (Lipinski definition) is 9. The van der Waals surface area contributed by atoms with Crippen LogP contribution in [0.2, 0.25) is 0 Å². The van der Waals surface area contributed by atoms with Crippen LogP contribution in [0.5, 0.6) is 23.0 Å². The van der Waals surface area contributed by atoms with Crippen LogP contribution in [0.1, 0.15) is 85.1 Å². The van der Waals surface area contributed by atoms with Crippen LogP contribution in [0.25, 0.3) is 22.3 Å². The van der Waals surface area contributed by atoms with Gasteiger partial charge in [-0.1, -0.05) is 50.0 Å². The lowest BCUT2D eigenvalue weighted by Crippen LogP contribution is -2.28. The molecule has 1 atom stereocenters. The molecule has 0 aliphatic heterocycles. The van der Waals surface area contributed by atoms with E-state index >= 15 is 0 Å². The summed E-state index contributed by atoms with van der Waals surface area (Å²) < 4.78 is 78.0. The monoisotopic (exact) mass is 778 g/mol. The Balaban J connectivity index is 0.000000265. The van der Waals surface area contributed by atoms with Crippen molar-refractivity contribution in [2.75, 3.05) is 21.3 Å². The van der Waals surface area contributed by atoms with Crippen LogP contribution in [-0.4, -0.2) is 45.8 Å². The summed E-state index contributed by atoms with van der Waals surface area (Å²) in [5.41, 5.74) is 5.35. The number of aryl methyl sites for hydroxylation is 2. The van der Waals surface area contributed by atoms with E-state index in [2.05, 4.69) is 9.88 Å². The number of benzene rings is 4. The van der Waals surface area contributed by atoms with E-state index in [-0.39, 0.29) is 39.4 Å². The Labute approximate surface area is 321 Å². The van der Waals surface area contributed by atoms with Gasteiger partial charge in [-0.25, -0.2) is 21.9 Å². The molecule has 0 amide bonds. The van der Waals surface area contributed by atoms with E-state index in [0.29, 0.717) is 63.6 Å². The number of aromatic nitrogens is 1. The van der Waals surface area contributed by atoms with Crippen LogP contribution < -0.4 is 18.9 Å². The normalized spacial score (nSPS) is 11.8. The Kier molecular flexibility index (Phi) is 14.2. The molecular weight excluding hydrogens is 731 g/mol. The molecule has 1 heterocycles. The number of methoxy groups -OCH3 is 3. The molecule has 2 N–H and O–H groups in total. The molecule has 0 radical (unpaired) electrons. The first-order valence-corrected chi connectivity index (χ1v) is 19.3. The maximum atomic E-state index is 14.1. The highest BCUT2D eigenvalue weighted by Crippen LogP contribution is 2.42. The minimum Gasteiger partial charge on any atom is -0.507 e. The van der Waals surface area contributed by atoms with Gasteiger partial charge >= 0.3 is 0 Å². The number of phenolic OH excluding ortho intramolecular Hbond substituents is 1. The minimum atomic E-state index is -3.89. The third kappa shape index (κ3) is 9.34. The topological polar surface area (TPSA) is 137 Å². The van der Waals surface area contributed by atoms with E-state index in [9.17, 15) is 27.1 Å². The highest BCUT2D eigenvalue weighted by atomic mass is 32.2. The lowest BCUT2D eigenvalue weighted by atomic mass is 9.91. The van der Waals surface area contributed by atoms with Gasteiger partial charge in [0.25, 0.3) is 0 Å². The van der Waals surface area contributed by atoms with E-state index in [1.54, 1.807) is 58.2 Å². The van der Waals surface area contributed by atoms with Gasteiger partial charge in [0.05, 0.1) is 26.9 Å². The molecule has 0 aliphatic carbocycles. The lowest BCUT2D eigenvalue weighted by molar-refractivity contribution is 0.101. The van der Waals surface area contributed by atoms with Crippen LogP contribution in [0, 0.1) is 25.5 Å². The Bertz CT molecular complexity index is 2250. The average Bonchev–Trinajstić information content (AvgIpc) is 3.50. The van der Waals surface area contributed by atoms with Crippen LogP contribution in [0.15, 0.2) is 70.1 Å². The van der Waals surface area contributed by atoms with Gasteiger partial charge in [0, 0.05) is 33.9 Å². The molecule has 13 heteroatoms. The van der Waals surface area contributed by atoms with E-state index in [4.69, 9.17) is 18.7 Å². The third-order valence-corrected chi connectivity index (χ3v) is 10.9. The Morgan fingerprint density at radius 1 is 0.818 bits per heavy atom. The van der Waals surface area contributed by atoms with Gasteiger partial charge in [0.2, 0.25) is 10.0 Å². The van der Waals surface area contributed by atoms with Gasteiger partial charge in [0.15, 0.2) is 11.5 Å². The Morgan fingerprint density at radius 3 is 1.82 bits per heavy atom. The number of ether oxygens (including phenoxy) is 3. The second-order valence-electron chi connectivity index (χ2n) is 12.9. The lowest BCUT2D eigenvalue weighted by Gasteiger charge is -2.22. The van der Waals surface area contributed by atoms with E-state index < -0.39 is 16.1 Å². The third-order valence-electron chi connectivity index (χ3n) is 9.10. The molecule has 0 spiro atoms. The molecule has 0 saturated heterocycles. The van der Waals surface area contributed by atoms with Crippen molar-refractivity contribution in [1.82, 2.24) is 9.88 Å². The predicted molar refractivity (Wildman–Crippen MR) is 208 cm³/mol. The van der Waals surface area contributed by atoms with Gasteiger partial charge in [-0.15, -0.1) is 0 Å². The molecule has 4 aromatic carbocycles. The maximum absolute atomic E-state index is 14.1. The molecular formula is C42H48F2N2O8S. The van der Waals surface area contributed by atoms with Crippen LogP contribution in [0.4, 0.5) is 8.78 Å². The van der Waals surface area contributed by atoms with Crippen molar-refractivity contribution in [3.05, 3.63) is 106 Å². The van der Waals surface area contributed by atoms with Crippen molar-refractivity contribution in [1.29, 1.82) is 0 Å². The highest BCUT2D eigenvalue weighted by molar-refractivity contribution is 7.89. The van der Waals surface area contributed by atoms with Gasteiger partial charge in [-0.05, 0) is 94.1 Å². The summed E-state index contributed by atoms with van der Waals surface area (Å²) in [7, 11) is 0.705. The fourth-order valence-corrected chi connectivity index (χ4v) is 8.20. The molecule has 5 aromatic rings. The second kappa shape index (κ2) is 18.4. The number of phenols is 1. The molecule has 10 nitrogen and oxygen atoms in total. The number of carbonyl (C=O) groups is 1. The number of Topliss-reactive ketones (excluding diaryl/α,β-unsaturated/α-hetero) is 1. The SMILES string of the molecule is CCCc1c(-c2cc(F)ccc2OC)ccc(C(C)=O)c1O.CCCc1c(-c2cc(F)ccc2OC)ccc(C(C)NS(=O)(=O)c2c(C)noc2C)c1OC. The Hall–Kier alpha value is -5.27. The summed E-state index contributed by atoms with van der Waals surface area (Å²) in [4.78, 5) is 11.6. The second-order valence-corrected chi connectivity index (χ2v) is 14.6. The fourth-order valence-electron chi connectivity index (χ4n) is 6.65. The van der Waals surface area contributed by atoms with E-state index in [0.717, 1.165) is 24.0 Å². The van der Waals surface area contributed by atoms with Gasteiger partial charge < -0.3 is 23.8 Å². The minimum absolute atomic E-state index is 0.0295. The number of ketones is 1. The molecule has 294 valence electrons. The number of carbonyl (C=O) groups excluding carboxylic acids is 1. The van der Waals surface area contributed by atoms with Crippen LogP contribution in [-0.2, 0) is 22.9 Å². The molecule has 1 unspecified atom stereocenters.